The first-order chi connectivity index (χ1) is 27.6. The second-order valence-electron chi connectivity index (χ2n) is 18.1. The van der Waals surface area contributed by atoms with Crippen molar-refractivity contribution in [1.82, 2.24) is 0 Å². The maximum Gasteiger partial charge on any atom is 0.362 e. The Kier molecular flexibility index (Phi) is 39.9. The molecule has 0 aromatic rings. The van der Waals surface area contributed by atoms with E-state index in [4.69, 9.17) is 14.2 Å². The summed E-state index contributed by atoms with van der Waals surface area (Å²) >= 11 is 0. The molecule has 8 heteroatoms. The molecule has 0 aliphatic carbocycles. The standard InChI is InChI=1S/C49H95NO7/c1-6-8-10-12-14-16-18-20-22-23-24-26-28-30-32-34-36-38-40-48(52)57-45(43-55-42-41-46(49(53)54)50(3,4)5)44-56-47(51)39-37-35-33-31-29-27-25-21-19-17-15-13-11-9-7-2/h45-46H,6-44H2,1-5H3/p+1. The monoisotopic (exact) mass is 811 g/mol. The maximum absolute atomic E-state index is 12.8. The maximum atomic E-state index is 12.8. The summed E-state index contributed by atoms with van der Waals surface area (Å²) in [5, 5.41) is 9.64. The van der Waals surface area contributed by atoms with Crippen LogP contribution in [0.3, 0.4) is 0 Å². The molecule has 0 fully saturated rings. The molecule has 0 saturated heterocycles. The molecular formula is C49H96NO7+. The SMILES string of the molecule is CCCCCCCCCCCCCCCCCCCCC(=O)OC(COCCC(C(=O)O)[N+](C)(C)C)COC(=O)CCCCCCCCCCCCCCCCC. The molecule has 2 unspecified atom stereocenters. The third-order valence-corrected chi connectivity index (χ3v) is 11.5. The Morgan fingerprint density at radius 2 is 0.772 bits per heavy atom. The summed E-state index contributed by atoms with van der Waals surface area (Å²) in [6, 6.07) is -0.608. The number of quaternary nitrogens is 1. The Bertz CT molecular complexity index is 905. The van der Waals surface area contributed by atoms with Gasteiger partial charge in [0.05, 0.1) is 34.4 Å². The molecule has 0 amide bonds. The number of carboxylic acids is 1. The molecule has 0 saturated carbocycles. The van der Waals surface area contributed by atoms with Gasteiger partial charge in [-0.2, -0.15) is 0 Å². The molecular weight excluding hydrogens is 715 g/mol. The fourth-order valence-electron chi connectivity index (χ4n) is 7.68. The number of hydrogen-bond donors (Lipinski definition) is 1. The summed E-state index contributed by atoms with van der Waals surface area (Å²) in [6.45, 7) is 4.79. The average Bonchev–Trinajstić information content (AvgIpc) is 3.17. The van der Waals surface area contributed by atoms with Crippen LogP contribution >= 0.6 is 0 Å². The highest BCUT2D eigenvalue weighted by Crippen LogP contribution is 2.17. The van der Waals surface area contributed by atoms with Crippen molar-refractivity contribution in [1.29, 1.82) is 0 Å². The van der Waals surface area contributed by atoms with E-state index in [0.717, 1.165) is 38.5 Å². The highest BCUT2D eigenvalue weighted by Gasteiger charge is 2.31. The molecule has 0 aromatic heterocycles. The summed E-state index contributed by atoms with van der Waals surface area (Å²) < 4.78 is 17.3. The van der Waals surface area contributed by atoms with E-state index in [1.54, 1.807) is 0 Å². The van der Waals surface area contributed by atoms with Crippen molar-refractivity contribution in [2.45, 2.75) is 257 Å². The van der Waals surface area contributed by atoms with Crippen LogP contribution < -0.4 is 0 Å². The predicted molar refractivity (Wildman–Crippen MR) is 239 cm³/mol. The number of carboxylic acid groups (broad SMARTS) is 1. The average molecular weight is 811 g/mol. The summed E-state index contributed by atoms with van der Waals surface area (Å²) in [5.74, 6) is -1.44. The van der Waals surface area contributed by atoms with Crippen LogP contribution in [0.25, 0.3) is 0 Å². The minimum atomic E-state index is -0.869. The molecule has 0 bridgehead atoms. The van der Waals surface area contributed by atoms with Gasteiger partial charge in [0.2, 0.25) is 0 Å². The molecule has 0 aromatic carbocycles. The topological polar surface area (TPSA) is 99.1 Å². The van der Waals surface area contributed by atoms with Crippen molar-refractivity contribution >= 4 is 17.9 Å². The fourth-order valence-corrected chi connectivity index (χ4v) is 7.68. The zero-order chi connectivity index (χ0) is 42.1. The first-order valence-electron chi connectivity index (χ1n) is 24.6. The Morgan fingerprint density at radius 3 is 1.09 bits per heavy atom. The number of hydrogen-bond acceptors (Lipinski definition) is 6. The number of likely N-dealkylation sites (N-methyl/N-ethyl adjacent to an activating group) is 1. The predicted octanol–water partition coefficient (Wildman–Crippen LogP) is 13.7. The summed E-state index contributed by atoms with van der Waals surface area (Å²) in [5.41, 5.74) is 0. The lowest BCUT2D eigenvalue weighted by atomic mass is 10.0. The van der Waals surface area contributed by atoms with Gasteiger partial charge in [-0.3, -0.25) is 9.59 Å². The second-order valence-corrected chi connectivity index (χ2v) is 18.1. The Balaban J connectivity index is 4.22. The molecule has 57 heavy (non-hydrogen) atoms. The van der Waals surface area contributed by atoms with E-state index in [2.05, 4.69) is 13.8 Å². The minimum Gasteiger partial charge on any atom is -0.477 e. The Hall–Kier alpha value is -1.67. The lowest BCUT2D eigenvalue weighted by Crippen LogP contribution is -2.50. The van der Waals surface area contributed by atoms with Gasteiger partial charge in [-0.05, 0) is 12.8 Å². The Morgan fingerprint density at radius 1 is 0.456 bits per heavy atom. The van der Waals surface area contributed by atoms with Crippen LogP contribution in [-0.4, -0.2) is 80.6 Å². The first-order valence-corrected chi connectivity index (χ1v) is 24.6. The van der Waals surface area contributed by atoms with Gasteiger partial charge in [0.25, 0.3) is 0 Å². The molecule has 0 rings (SSSR count). The normalized spacial score (nSPS) is 12.8. The van der Waals surface area contributed by atoms with E-state index in [1.807, 2.05) is 21.1 Å². The molecule has 0 aliphatic heterocycles. The fraction of sp³-hybridized carbons (Fsp3) is 0.939. The molecule has 0 aliphatic rings. The number of ether oxygens (including phenoxy) is 3. The third-order valence-electron chi connectivity index (χ3n) is 11.5. The second kappa shape index (κ2) is 41.1. The summed E-state index contributed by atoms with van der Waals surface area (Å²) in [7, 11) is 5.55. The number of esters is 2. The van der Waals surface area contributed by atoms with E-state index in [0.29, 0.717) is 19.3 Å². The smallest absolute Gasteiger partial charge is 0.362 e. The lowest BCUT2D eigenvalue weighted by Gasteiger charge is -2.31. The quantitative estimate of drug-likeness (QED) is 0.0371. The number of aliphatic carboxylic acids is 1. The van der Waals surface area contributed by atoms with Gasteiger partial charge >= 0.3 is 17.9 Å². The minimum absolute atomic E-state index is 0.0415. The van der Waals surface area contributed by atoms with Crippen molar-refractivity contribution in [3.8, 4) is 0 Å². The van der Waals surface area contributed by atoms with Crippen molar-refractivity contribution in [2.24, 2.45) is 0 Å². The highest BCUT2D eigenvalue weighted by atomic mass is 16.6. The van der Waals surface area contributed by atoms with Crippen LogP contribution in [0, 0.1) is 0 Å². The molecule has 0 radical (unpaired) electrons. The summed E-state index contributed by atoms with van der Waals surface area (Å²) in [6.07, 6.45) is 42.8. The first kappa shape index (κ1) is 55.3. The van der Waals surface area contributed by atoms with Gasteiger partial charge < -0.3 is 23.8 Å². The van der Waals surface area contributed by atoms with Crippen molar-refractivity contribution in [3.63, 3.8) is 0 Å². The van der Waals surface area contributed by atoms with Gasteiger partial charge in [0, 0.05) is 19.3 Å². The van der Waals surface area contributed by atoms with Crippen LogP contribution in [0.15, 0.2) is 0 Å². The lowest BCUT2D eigenvalue weighted by molar-refractivity contribution is -0.887. The highest BCUT2D eigenvalue weighted by molar-refractivity contribution is 5.72. The van der Waals surface area contributed by atoms with Crippen molar-refractivity contribution in [3.05, 3.63) is 0 Å². The zero-order valence-electron chi connectivity index (χ0n) is 38.6. The Labute approximate surface area is 353 Å². The largest absolute Gasteiger partial charge is 0.477 e. The number of unbranched alkanes of at least 4 members (excludes halogenated alkanes) is 31. The van der Waals surface area contributed by atoms with Gasteiger partial charge in [0.1, 0.15) is 6.61 Å². The summed E-state index contributed by atoms with van der Waals surface area (Å²) in [4.78, 5) is 37.1. The van der Waals surface area contributed by atoms with Gasteiger partial charge in [-0.15, -0.1) is 0 Å². The molecule has 8 nitrogen and oxygen atoms in total. The number of carbonyl (C=O) groups is 3. The van der Waals surface area contributed by atoms with Crippen molar-refractivity contribution in [2.75, 3.05) is 41.0 Å². The number of carbonyl (C=O) groups excluding carboxylic acids is 2. The van der Waals surface area contributed by atoms with Crippen molar-refractivity contribution < 1.29 is 38.2 Å². The van der Waals surface area contributed by atoms with Gasteiger partial charge in [-0.25, -0.2) is 4.79 Å². The molecule has 0 heterocycles. The molecule has 338 valence electrons. The van der Waals surface area contributed by atoms with E-state index in [9.17, 15) is 19.5 Å². The van der Waals surface area contributed by atoms with E-state index in [-0.39, 0.29) is 36.2 Å². The van der Waals surface area contributed by atoms with E-state index in [1.165, 1.54) is 173 Å². The van der Waals surface area contributed by atoms with Crippen LogP contribution in [0.4, 0.5) is 0 Å². The van der Waals surface area contributed by atoms with E-state index >= 15 is 0 Å². The number of rotatable bonds is 45. The molecule has 2 atom stereocenters. The number of nitrogens with zero attached hydrogens (tertiary/aromatic N) is 1. The zero-order valence-corrected chi connectivity index (χ0v) is 38.6. The van der Waals surface area contributed by atoms with Crippen LogP contribution in [0.1, 0.15) is 245 Å². The van der Waals surface area contributed by atoms with Crippen LogP contribution in [-0.2, 0) is 28.6 Å². The van der Waals surface area contributed by atoms with Crippen LogP contribution in [0.2, 0.25) is 0 Å². The van der Waals surface area contributed by atoms with Gasteiger partial charge in [-0.1, -0.05) is 213 Å². The molecule has 1 N–H and O–H groups in total. The van der Waals surface area contributed by atoms with Crippen LogP contribution in [0.5, 0.6) is 0 Å². The third kappa shape index (κ3) is 39.6. The molecule has 0 spiro atoms. The van der Waals surface area contributed by atoms with Gasteiger partial charge in [0.15, 0.2) is 12.1 Å². The van der Waals surface area contributed by atoms with E-state index < -0.39 is 18.1 Å².